The Morgan fingerprint density at radius 1 is 1.35 bits per heavy atom. The highest BCUT2D eigenvalue weighted by Crippen LogP contribution is 2.26. The first-order chi connectivity index (χ1) is 12.6. The highest BCUT2D eigenvalue weighted by molar-refractivity contribution is 5.76. The largest absolute Gasteiger partial charge is 0.383 e. The summed E-state index contributed by atoms with van der Waals surface area (Å²) < 4.78 is 9.25. The second-order valence-electron chi connectivity index (χ2n) is 7.05. The molecule has 1 fully saturated rings. The fourth-order valence-electron chi connectivity index (χ4n) is 3.73. The van der Waals surface area contributed by atoms with E-state index in [4.69, 9.17) is 4.74 Å². The van der Waals surface area contributed by atoms with Crippen molar-refractivity contribution in [3.63, 3.8) is 0 Å². The van der Waals surface area contributed by atoms with Crippen molar-refractivity contribution in [2.45, 2.75) is 52.1 Å². The van der Waals surface area contributed by atoms with E-state index in [0.29, 0.717) is 25.5 Å². The first kappa shape index (κ1) is 18.6. The van der Waals surface area contributed by atoms with Gasteiger partial charge in [0, 0.05) is 63.7 Å². The van der Waals surface area contributed by atoms with E-state index in [1.807, 2.05) is 41.9 Å². The fraction of sp³-hybridized carbons (Fsp3) is 0.632. The quantitative estimate of drug-likeness (QED) is 0.760. The Bertz CT molecular complexity index is 736. The summed E-state index contributed by atoms with van der Waals surface area (Å²) in [6.45, 7) is 7.70. The lowest BCUT2D eigenvalue weighted by Crippen LogP contribution is -2.40. The third-order valence-corrected chi connectivity index (χ3v) is 5.06. The van der Waals surface area contributed by atoms with Gasteiger partial charge in [-0.25, -0.2) is 4.98 Å². The lowest BCUT2D eigenvalue weighted by Gasteiger charge is -2.33. The zero-order valence-electron chi connectivity index (χ0n) is 16.0. The summed E-state index contributed by atoms with van der Waals surface area (Å²) in [6, 6.07) is 2.04. The van der Waals surface area contributed by atoms with E-state index in [9.17, 15) is 4.79 Å². The van der Waals surface area contributed by atoms with Gasteiger partial charge >= 0.3 is 0 Å². The van der Waals surface area contributed by atoms with E-state index >= 15 is 0 Å². The normalized spacial score (nSPS) is 17.7. The standard InChI is InChI=1S/C19H29N5O2/c1-15-13-16(2)24(21-15)9-6-18(25)23-8-4-5-17(14-23)19-20-7-10-22(19)11-12-26-3/h7,10,13,17H,4-6,8-9,11-12,14H2,1-3H3/t17-/m1/s1. The lowest BCUT2D eigenvalue weighted by molar-refractivity contribution is -0.132. The lowest BCUT2D eigenvalue weighted by atomic mass is 9.97. The summed E-state index contributed by atoms with van der Waals surface area (Å²) in [7, 11) is 1.71. The van der Waals surface area contributed by atoms with E-state index < -0.39 is 0 Å². The Morgan fingerprint density at radius 2 is 2.19 bits per heavy atom. The van der Waals surface area contributed by atoms with Crippen molar-refractivity contribution in [2.24, 2.45) is 0 Å². The molecule has 1 aliphatic rings. The van der Waals surface area contributed by atoms with Crippen LogP contribution < -0.4 is 0 Å². The molecular weight excluding hydrogens is 330 g/mol. The summed E-state index contributed by atoms with van der Waals surface area (Å²) >= 11 is 0. The molecule has 0 radical (unpaired) electrons. The topological polar surface area (TPSA) is 65.2 Å². The van der Waals surface area contributed by atoms with Gasteiger partial charge in [-0.15, -0.1) is 0 Å². The second kappa shape index (κ2) is 8.49. The van der Waals surface area contributed by atoms with Crippen LogP contribution in [0.3, 0.4) is 0 Å². The second-order valence-corrected chi connectivity index (χ2v) is 7.05. The smallest absolute Gasteiger partial charge is 0.224 e. The molecule has 1 saturated heterocycles. The third-order valence-electron chi connectivity index (χ3n) is 5.06. The monoisotopic (exact) mass is 359 g/mol. The number of aryl methyl sites for hydroxylation is 3. The van der Waals surface area contributed by atoms with Crippen LogP contribution in [-0.4, -0.2) is 56.9 Å². The minimum atomic E-state index is 0.206. The van der Waals surface area contributed by atoms with Crippen molar-refractivity contribution < 1.29 is 9.53 Å². The van der Waals surface area contributed by atoms with Crippen LogP contribution in [0.5, 0.6) is 0 Å². The maximum atomic E-state index is 12.7. The number of amides is 1. The summed E-state index contributed by atoms with van der Waals surface area (Å²) in [6.07, 6.45) is 6.43. The first-order valence-corrected chi connectivity index (χ1v) is 9.37. The number of likely N-dealkylation sites (tertiary alicyclic amines) is 1. The highest BCUT2D eigenvalue weighted by Gasteiger charge is 2.27. The van der Waals surface area contributed by atoms with Crippen LogP contribution in [0.25, 0.3) is 0 Å². The van der Waals surface area contributed by atoms with Gasteiger partial charge in [0.15, 0.2) is 0 Å². The number of hydrogen-bond donors (Lipinski definition) is 0. The number of piperidine rings is 1. The van der Waals surface area contributed by atoms with Crippen LogP contribution >= 0.6 is 0 Å². The molecule has 0 saturated carbocycles. The Labute approximate surface area is 155 Å². The van der Waals surface area contributed by atoms with Crippen molar-refractivity contribution >= 4 is 5.91 Å². The van der Waals surface area contributed by atoms with E-state index in [-0.39, 0.29) is 5.91 Å². The van der Waals surface area contributed by atoms with E-state index in [1.165, 1.54) is 0 Å². The third kappa shape index (κ3) is 4.33. The number of carbonyl (C=O) groups is 1. The van der Waals surface area contributed by atoms with Crippen LogP contribution in [0.2, 0.25) is 0 Å². The molecule has 0 N–H and O–H groups in total. The molecule has 1 amide bonds. The van der Waals surface area contributed by atoms with Gasteiger partial charge in [-0.1, -0.05) is 0 Å². The number of hydrogen-bond acceptors (Lipinski definition) is 4. The minimum absolute atomic E-state index is 0.206. The Morgan fingerprint density at radius 3 is 2.92 bits per heavy atom. The van der Waals surface area contributed by atoms with Gasteiger partial charge < -0.3 is 14.2 Å². The Balaban J connectivity index is 1.58. The van der Waals surface area contributed by atoms with Crippen molar-refractivity contribution in [1.82, 2.24) is 24.2 Å². The van der Waals surface area contributed by atoms with E-state index in [0.717, 1.165) is 49.7 Å². The molecule has 0 aromatic carbocycles. The first-order valence-electron chi connectivity index (χ1n) is 9.37. The minimum Gasteiger partial charge on any atom is -0.383 e. The van der Waals surface area contributed by atoms with E-state index in [1.54, 1.807) is 7.11 Å². The molecule has 7 nitrogen and oxygen atoms in total. The van der Waals surface area contributed by atoms with Gasteiger partial charge in [-0.3, -0.25) is 9.48 Å². The number of nitrogens with zero attached hydrogens (tertiary/aromatic N) is 5. The van der Waals surface area contributed by atoms with Crippen molar-refractivity contribution in [2.75, 3.05) is 26.8 Å². The molecule has 0 unspecified atom stereocenters. The molecule has 1 atom stereocenters. The number of carbonyl (C=O) groups excluding carboxylic acids is 1. The average Bonchev–Trinajstić information content (AvgIpc) is 3.23. The van der Waals surface area contributed by atoms with Gasteiger partial charge in [0.25, 0.3) is 0 Å². The maximum absolute atomic E-state index is 12.7. The predicted molar refractivity (Wildman–Crippen MR) is 99.0 cm³/mol. The Hall–Kier alpha value is -2.15. The molecule has 0 aliphatic carbocycles. The van der Waals surface area contributed by atoms with Crippen LogP contribution in [0.15, 0.2) is 18.5 Å². The predicted octanol–water partition coefficient (Wildman–Crippen LogP) is 2.14. The molecule has 142 valence electrons. The zero-order valence-corrected chi connectivity index (χ0v) is 16.0. The molecule has 1 aliphatic heterocycles. The van der Waals surface area contributed by atoms with Gasteiger partial charge in [0.05, 0.1) is 12.3 Å². The van der Waals surface area contributed by atoms with Gasteiger partial charge in [0.2, 0.25) is 5.91 Å². The van der Waals surface area contributed by atoms with Crippen molar-refractivity contribution in [3.8, 4) is 0 Å². The summed E-state index contributed by atoms with van der Waals surface area (Å²) in [5.74, 6) is 1.57. The SMILES string of the molecule is COCCn1ccnc1[C@@H]1CCCN(C(=O)CCn2nc(C)cc2C)C1. The summed E-state index contributed by atoms with van der Waals surface area (Å²) in [5, 5.41) is 4.44. The average molecular weight is 359 g/mol. The van der Waals surface area contributed by atoms with Gasteiger partial charge in [-0.05, 0) is 32.8 Å². The van der Waals surface area contributed by atoms with Crippen LogP contribution in [0.1, 0.15) is 42.4 Å². The molecular formula is C19H29N5O2. The van der Waals surface area contributed by atoms with Gasteiger partial charge in [-0.2, -0.15) is 5.10 Å². The molecule has 2 aromatic heterocycles. The van der Waals surface area contributed by atoms with Crippen LogP contribution in [0.4, 0.5) is 0 Å². The summed E-state index contributed by atoms with van der Waals surface area (Å²) in [4.78, 5) is 19.2. The van der Waals surface area contributed by atoms with Gasteiger partial charge in [0.1, 0.15) is 5.82 Å². The van der Waals surface area contributed by atoms with E-state index in [2.05, 4.69) is 14.6 Å². The van der Waals surface area contributed by atoms with Crippen molar-refractivity contribution in [1.29, 1.82) is 0 Å². The number of imidazole rings is 1. The molecule has 3 heterocycles. The van der Waals surface area contributed by atoms with Crippen LogP contribution in [0, 0.1) is 13.8 Å². The fourth-order valence-corrected chi connectivity index (χ4v) is 3.73. The highest BCUT2D eigenvalue weighted by atomic mass is 16.5. The zero-order chi connectivity index (χ0) is 18.5. The molecule has 0 bridgehead atoms. The summed E-state index contributed by atoms with van der Waals surface area (Å²) in [5.41, 5.74) is 2.10. The Kier molecular flexibility index (Phi) is 6.08. The molecule has 26 heavy (non-hydrogen) atoms. The molecule has 2 aromatic rings. The molecule has 7 heteroatoms. The number of aromatic nitrogens is 4. The number of ether oxygens (including phenoxy) is 1. The maximum Gasteiger partial charge on any atom is 0.224 e. The molecule has 3 rings (SSSR count). The number of methoxy groups -OCH3 is 1. The number of rotatable bonds is 7. The molecule has 0 spiro atoms. The van der Waals surface area contributed by atoms with Crippen molar-refractivity contribution in [3.05, 3.63) is 35.7 Å². The van der Waals surface area contributed by atoms with Crippen LogP contribution in [-0.2, 0) is 22.6 Å².